The van der Waals surface area contributed by atoms with Crippen molar-refractivity contribution < 1.29 is 4.42 Å². The van der Waals surface area contributed by atoms with Gasteiger partial charge >= 0.3 is 0 Å². The Morgan fingerprint density at radius 2 is 2.54 bits per heavy atom. The number of terminal acetylenes is 1. The van der Waals surface area contributed by atoms with E-state index in [0.717, 1.165) is 17.7 Å². The molecule has 0 amide bonds. The van der Waals surface area contributed by atoms with Gasteiger partial charge in [0.2, 0.25) is 0 Å². The molecule has 1 aromatic heterocycles. The first-order valence-corrected chi connectivity index (χ1v) is 4.23. The second-order valence-corrected chi connectivity index (χ2v) is 2.89. The molecule has 3 nitrogen and oxygen atoms in total. The third kappa shape index (κ3) is 2.35. The molecule has 3 heteroatoms. The molecule has 0 aliphatic heterocycles. The van der Waals surface area contributed by atoms with Crippen LogP contribution in [0.3, 0.4) is 0 Å². The average molecular weight is 178 g/mol. The van der Waals surface area contributed by atoms with Crippen LogP contribution < -0.4 is 11.3 Å². The smallest absolute Gasteiger partial charge is 0.105 e. The summed E-state index contributed by atoms with van der Waals surface area (Å²) in [7, 11) is 0. The van der Waals surface area contributed by atoms with Crippen LogP contribution in [0.4, 0.5) is 0 Å². The maximum Gasteiger partial charge on any atom is 0.105 e. The number of hydrogen-bond acceptors (Lipinski definition) is 3. The molecular formula is C10H14N2O. The Morgan fingerprint density at radius 3 is 3.00 bits per heavy atom. The molecule has 0 aliphatic carbocycles. The lowest BCUT2D eigenvalue weighted by atomic mass is 10.0. The number of furan rings is 1. The van der Waals surface area contributed by atoms with Crippen LogP contribution in [0.1, 0.15) is 30.2 Å². The van der Waals surface area contributed by atoms with Gasteiger partial charge in [-0.2, -0.15) is 0 Å². The summed E-state index contributed by atoms with van der Waals surface area (Å²) in [5.74, 6) is 8.89. The average Bonchev–Trinajstić information content (AvgIpc) is 2.54. The number of hydrogen-bond donors (Lipinski definition) is 2. The van der Waals surface area contributed by atoms with Gasteiger partial charge in [-0.1, -0.05) is 0 Å². The SMILES string of the molecule is C#CCCC(NN)c1ccoc1C. The Balaban J connectivity index is 2.68. The Kier molecular flexibility index (Phi) is 3.56. The zero-order chi connectivity index (χ0) is 9.68. The molecule has 13 heavy (non-hydrogen) atoms. The lowest BCUT2D eigenvalue weighted by Crippen LogP contribution is -2.28. The summed E-state index contributed by atoms with van der Waals surface area (Å²) in [5, 5.41) is 0. The van der Waals surface area contributed by atoms with E-state index in [2.05, 4.69) is 11.3 Å². The topological polar surface area (TPSA) is 51.2 Å². The summed E-state index contributed by atoms with van der Waals surface area (Å²) in [5.41, 5.74) is 3.81. The minimum absolute atomic E-state index is 0.0924. The highest BCUT2D eigenvalue weighted by Gasteiger charge is 2.12. The molecule has 1 rings (SSSR count). The highest BCUT2D eigenvalue weighted by atomic mass is 16.3. The van der Waals surface area contributed by atoms with E-state index in [1.165, 1.54) is 0 Å². The summed E-state index contributed by atoms with van der Waals surface area (Å²) in [6.45, 7) is 1.91. The van der Waals surface area contributed by atoms with E-state index in [9.17, 15) is 0 Å². The predicted octanol–water partition coefficient (Wildman–Crippen LogP) is 1.51. The van der Waals surface area contributed by atoms with Crippen molar-refractivity contribution in [1.82, 2.24) is 5.43 Å². The van der Waals surface area contributed by atoms with Crippen LogP contribution in [0, 0.1) is 19.3 Å². The summed E-state index contributed by atoms with van der Waals surface area (Å²) in [4.78, 5) is 0. The van der Waals surface area contributed by atoms with Crippen LogP contribution in [-0.4, -0.2) is 0 Å². The Morgan fingerprint density at radius 1 is 1.77 bits per heavy atom. The highest BCUT2D eigenvalue weighted by Crippen LogP contribution is 2.21. The third-order valence-corrected chi connectivity index (χ3v) is 2.05. The Bertz CT molecular complexity index is 298. The molecule has 0 aromatic carbocycles. The van der Waals surface area contributed by atoms with Gasteiger partial charge in [0.15, 0.2) is 0 Å². The fourth-order valence-corrected chi connectivity index (χ4v) is 1.31. The molecule has 1 aromatic rings. The number of aryl methyl sites for hydroxylation is 1. The van der Waals surface area contributed by atoms with Gasteiger partial charge in [0.05, 0.1) is 12.3 Å². The van der Waals surface area contributed by atoms with Gasteiger partial charge in [-0.3, -0.25) is 11.3 Å². The van der Waals surface area contributed by atoms with Gasteiger partial charge in [-0.25, -0.2) is 0 Å². The van der Waals surface area contributed by atoms with E-state index in [-0.39, 0.29) is 6.04 Å². The largest absolute Gasteiger partial charge is 0.469 e. The zero-order valence-corrected chi connectivity index (χ0v) is 7.71. The molecule has 0 aliphatic rings. The monoisotopic (exact) mass is 178 g/mol. The Hall–Kier alpha value is -1.24. The summed E-state index contributed by atoms with van der Waals surface area (Å²) in [6.07, 6.45) is 8.37. The van der Waals surface area contributed by atoms with Crippen molar-refractivity contribution in [2.45, 2.75) is 25.8 Å². The molecule has 1 unspecified atom stereocenters. The number of rotatable bonds is 4. The van der Waals surface area contributed by atoms with Crippen molar-refractivity contribution in [3.8, 4) is 12.3 Å². The quantitative estimate of drug-likeness (QED) is 0.417. The third-order valence-electron chi connectivity index (χ3n) is 2.05. The molecule has 0 radical (unpaired) electrons. The van der Waals surface area contributed by atoms with E-state index in [4.69, 9.17) is 16.7 Å². The first-order valence-electron chi connectivity index (χ1n) is 4.23. The molecule has 70 valence electrons. The number of nitrogens with one attached hydrogen (secondary N) is 1. The first-order chi connectivity index (χ1) is 6.29. The van der Waals surface area contributed by atoms with Gasteiger partial charge in [0.1, 0.15) is 5.76 Å². The molecule has 1 atom stereocenters. The molecule has 0 spiro atoms. The van der Waals surface area contributed by atoms with Gasteiger partial charge in [-0.15, -0.1) is 12.3 Å². The Labute approximate surface area is 78.3 Å². The molecule has 1 heterocycles. The number of nitrogens with two attached hydrogens (primary N) is 1. The summed E-state index contributed by atoms with van der Waals surface area (Å²) in [6, 6.07) is 2.01. The van der Waals surface area contributed by atoms with E-state index >= 15 is 0 Å². The van der Waals surface area contributed by atoms with Crippen molar-refractivity contribution in [1.29, 1.82) is 0 Å². The van der Waals surface area contributed by atoms with Gasteiger partial charge in [0, 0.05) is 12.0 Å². The second-order valence-electron chi connectivity index (χ2n) is 2.89. The minimum Gasteiger partial charge on any atom is -0.469 e. The molecule has 0 bridgehead atoms. The van der Waals surface area contributed by atoms with Gasteiger partial charge < -0.3 is 4.42 Å². The zero-order valence-electron chi connectivity index (χ0n) is 7.71. The van der Waals surface area contributed by atoms with Crippen LogP contribution in [-0.2, 0) is 0 Å². The van der Waals surface area contributed by atoms with E-state index in [1.54, 1.807) is 6.26 Å². The molecule has 3 N–H and O–H groups in total. The van der Waals surface area contributed by atoms with Crippen molar-refractivity contribution in [2.75, 3.05) is 0 Å². The maximum atomic E-state index is 5.41. The lowest BCUT2D eigenvalue weighted by Gasteiger charge is -2.13. The molecular weight excluding hydrogens is 164 g/mol. The van der Waals surface area contributed by atoms with Crippen LogP contribution >= 0.6 is 0 Å². The fourth-order valence-electron chi connectivity index (χ4n) is 1.31. The normalized spacial score (nSPS) is 12.4. The maximum absolute atomic E-state index is 5.41. The second kappa shape index (κ2) is 4.70. The minimum atomic E-state index is 0.0924. The van der Waals surface area contributed by atoms with Crippen LogP contribution in [0.2, 0.25) is 0 Å². The molecule has 0 saturated carbocycles. The van der Waals surface area contributed by atoms with Crippen LogP contribution in [0.15, 0.2) is 16.7 Å². The predicted molar refractivity (Wildman–Crippen MR) is 51.6 cm³/mol. The van der Waals surface area contributed by atoms with Crippen LogP contribution in [0.25, 0.3) is 0 Å². The standard InChI is InChI=1S/C10H14N2O/c1-3-4-5-10(12-11)9-6-7-13-8(9)2/h1,6-7,10,12H,4-5,11H2,2H3. The van der Waals surface area contributed by atoms with Crippen molar-refractivity contribution in [3.63, 3.8) is 0 Å². The lowest BCUT2D eigenvalue weighted by molar-refractivity contribution is 0.489. The van der Waals surface area contributed by atoms with E-state index in [0.29, 0.717) is 6.42 Å². The van der Waals surface area contributed by atoms with E-state index < -0.39 is 0 Å². The fraction of sp³-hybridized carbons (Fsp3) is 0.400. The summed E-state index contributed by atoms with van der Waals surface area (Å²) >= 11 is 0. The molecule has 0 fully saturated rings. The van der Waals surface area contributed by atoms with E-state index in [1.807, 2.05) is 13.0 Å². The van der Waals surface area contributed by atoms with Gasteiger partial charge in [-0.05, 0) is 19.4 Å². The number of hydrazine groups is 1. The van der Waals surface area contributed by atoms with Crippen LogP contribution in [0.5, 0.6) is 0 Å². The van der Waals surface area contributed by atoms with Crippen molar-refractivity contribution in [3.05, 3.63) is 23.7 Å². The van der Waals surface area contributed by atoms with Crippen molar-refractivity contribution in [2.24, 2.45) is 5.84 Å². The molecule has 0 saturated heterocycles. The first kappa shape index (κ1) is 9.85. The highest BCUT2D eigenvalue weighted by molar-refractivity contribution is 5.20. The van der Waals surface area contributed by atoms with Crippen molar-refractivity contribution >= 4 is 0 Å². The summed E-state index contributed by atoms with van der Waals surface area (Å²) < 4.78 is 5.18. The van der Waals surface area contributed by atoms with Gasteiger partial charge in [0.25, 0.3) is 0 Å².